The minimum Gasteiger partial charge on any atom is -0.352 e. The van der Waals surface area contributed by atoms with Crippen LogP contribution in [-0.2, 0) is 13.1 Å². The average Bonchev–Trinajstić information content (AvgIpc) is 2.86. The predicted octanol–water partition coefficient (Wildman–Crippen LogP) is 3.38. The highest BCUT2D eigenvalue weighted by molar-refractivity contribution is 9.10. The summed E-state index contributed by atoms with van der Waals surface area (Å²) in [6, 6.07) is 12.4. The summed E-state index contributed by atoms with van der Waals surface area (Å²) in [5, 5.41) is 8.67. The van der Waals surface area contributed by atoms with Crippen molar-refractivity contribution in [3.8, 4) is 0 Å². The molecule has 0 saturated carbocycles. The molecule has 100 valence electrons. The van der Waals surface area contributed by atoms with Gasteiger partial charge in [0.15, 0.2) is 5.96 Å². The van der Waals surface area contributed by atoms with Crippen LogP contribution in [0.25, 0.3) is 0 Å². The number of nitrogens with one attached hydrogen (secondary N) is 2. The first-order valence-electron chi connectivity index (χ1n) is 5.99. The van der Waals surface area contributed by atoms with E-state index < -0.39 is 0 Å². The molecule has 2 rings (SSSR count). The quantitative estimate of drug-likeness (QED) is 0.662. The van der Waals surface area contributed by atoms with Gasteiger partial charge < -0.3 is 10.6 Å². The SMILES string of the molecule is CN=C(NCc1ccccc1)NCc1cc(Br)cs1. The van der Waals surface area contributed by atoms with Crippen molar-refractivity contribution in [2.45, 2.75) is 13.1 Å². The van der Waals surface area contributed by atoms with E-state index in [1.807, 2.05) is 18.2 Å². The molecule has 3 nitrogen and oxygen atoms in total. The van der Waals surface area contributed by atoms with Gasteiger partial charge >= 0.3 is 0 Å². The summed E-state index contributed by atoms with van der Waals surface area (Å²) in [5.41, 5.74) is 1.24. The first-order chi connectivity index (χ1) is 9.28. The van der Waals surface area contributed by atoms with Gasteiger partial charge in [-0.1, -0.05) is 30.3 Å². The molecular formula is C14H16BrN3S. The van der Waals surface area contributed by atoms with E-state index in [0.717, 1.165) is 23.5 Å². The Balaban J connectivity index is 1.81. The summed E-state index contributed by atoms with van der Waals surface area (Å²) in [5.74, 6) is 0.813. The van der Waals surface area contributed by atoms with E-state index in [4.69, 9.17) is 0 Å². The number of aliphatic imine (C=N–C) groups is 1. The molecule has 1 heterocycles. The number of benzene rings is 1. The van der Waals surface area contributed by atoms with Crippen molar-refractivity contribution in [3.05, 3.63) is 56.7 Å². The first kappa shape index (κ1) is 14.1. The van der Waals surface area contributed by atoms with Crippen LogP contribution in [-0.4, -0.2) is 13.0 Å². The summed E-state index contributed by atoms with van der Waals surface area (Å²) in [4.78, 5) is 5.49. The zero-order valence-electron chi connectivity index (χ0n) is 10.7. The lowest BCUT2D eigenvalue weighted by Crippen LogP contribution is -2.36. The third-order valence-corrected chi connectivity index (χ3v) is 4.28. The molecule has 1 aromatic carbocycles. The largest absolute Gasteiger partial charge is 0.352 e. The number of guanidine groups is 1. The zero-order valence-corrected chi connectivity index (χ0v) is 13.1. The normalized spacial score (nSPS) is 11.4. The molecule has 0 aliphatic carbocycles. The third-order valence-electron chi connectivity index (χ3n) is 2.58. The Labute approximate surface area is 125 Å². The van der Waals surface area contributed by atoms with Gasteiger partial charge in [-0.15, -0.1) is 11.3 Å². The molecular weight excluding hydrogens is 322 g/mol. The van der Waals surface area contributed by atoms with Crippen molar-refractivity contribution in [1.29, 1.82) is 0 Å². The predicted molar refractivity (Wildman–Crippen MR) is 85.5 cm³/mol. The van der Waals surface area contributed by atoms with E-state index in [1.54, 1.807) is 18.4 Å². The number of hydrogen-bond donors (Lipinski definition) is 2. The second-order valence-corrected chi connectivity index (χ2v) is 5.91. The van der Waals surface area contributed by atoms with E-state index in [-0.39, 0.29) is 0 Å². The van der Waals surface area contributed by atoms with Gasteiger partial charge in [-0.2, -0.15) is 0 Å². The molecule has 0 aliphatic heterocycles. The molecule has 0 spiro atoms. The summed E-state index contributed by atoms with van der Waals surface area (Å²) >= 11 is 5.18. The van der Waals surface area contributed by atoms with E-state index >= 15 is 0 Å². The molecule has 0 radical (unpaired) electrons. The molecule has 0 saturated heterocycles. The lowest BCUT2D eigenvalue weighted by Gasteiger charge is -2.11. The Morgan fingerprint density at radius 2 is 1.95 bits per heavy atom. The van der Waals surface area contributed by atoms with Crippen LogP contribution in [0, 0.1) is 0 Å². The number of halogens is 1. The Hall–Kier alpha value is -1.33. The molecule has 0 fully saturated rings. The van der Waals surface area contributed by atoms with Crippen molar-refractivity contribution in [1.82, 2.24) is 10.6 Å². The van der Waals surface area contributed by atoms with Crippen LogP contribution >= 0.6 is 27.3 Å². The van der Waals surface area contributed by atoms with Gasteiger partial charge in [-0.25, -0.2) is 0 Å². The molecule has 0 unspecified atom stereocenters. The van der Waals surface area contributed by atoms with Crippen molar-refractivity contribution in [2.75, 3.05) is 7.05 Å². The Morgan fingerprint density at radius 3 is 2.58 bits per heavy atom. The summed E-state index contributed by atoms with van der Waals surface area (Å²) in [6.45, 7) is 1.55. The minimum absolute atomic E-state index is 0.772. The first-order valence-corrected chi connectivity index (χ1v) is 7.66. The van der Waals surface area contributed by atoms with Crippen LogP contribution < -0.4 is 10.6 Å². The van der Waals surface area contributed by atoms with Gasteiger partial charge in [0, 0.05) is 28.3 Å². The number of hydrogen-bond acceptors (Lipinski definition) is 2. The Kier molecular flexibility index (Phi) is 5.42. The van der Waals surface area contributed by atoms with E-state index in [2.05, 4.69) is 55.1 Å². The fourth-order valence-electron chi connectivity index (χ4n) is 1.62. The highest BCUT2D eigenvalue weighted by Gasteiger charge is 2.00. The lowest BCUT2D eigenvalue weighted by molar-refractivity contribution is 0.815. The van der Waals surface area contributed by atoms with Crippen molar-refractivity contribution < 1.29 is 0 Å². The van der Waals surface area contributed by atoms with E-state index in [9.17, 15) is 0 Å². The van der Waals surface area contributed by atoms with Gasteiger partial charge in [0.2, 0.25) is 0 Å². The monoisotopic (exact) mass is 337 g/mol. The van der Waals surface area contributed by atoms with Gasteiger partial charge in [-0.05, 0) is 27.6 Å². The molecule has 0 atom stereocenters. The topological polar surface area (TPSA) is 36.4 Å². The highest BCUT2D eigenvalue weighted by atomic mass is 79.9. The number of nitrogens with zero attached hydrogens (tertiary/aromatic N) is 1. The van der Waals surface area contributed by atoms with Crippen molar-refractivity contribution in [2.24, 2.45) is 4.99 Å². The van der Waals surface area contributed by atoms with E-state index in [1.165, 1.54) is 10.4 Å². The second-order valence-electron chi connectivity index (χ2n) is 4.00. The van der Waals surface area contributed by atoms with Gasteiger partial charge in [-0.3, -0.25) is 4.99 Å². The summed E-state index contributed by atoms with van der Waals surface area (Å²) in [7, 11) is 1.78. The Morgan fingerprint density at radius 1 is 1.21 bits per heavy atom. The van der Waals surface area contributed by atoms with Crippen LogP contribution in [0.1, 0.15) is 10.4 Å². The Bertz CT molecular complexity index is 537. The maximum atomic E-state index is 4.21. The number of rotatable bonds is 4. The fourth-order valence-corrected chi connectivity index (χ4v) is 3.01. The van der Waals surface area contributed by atoms with Crippen LogP contribution in [0.3, 0.4) is 0 Å². The molecule has 5 heteroatoms. The van der Waals surface area contributed by atoms with Gasteiger partial charge in [0.05, 0.1) is 6.54 Å². The molecule has 1 aromatic heterocycles. The molecule has 0 amide bonds. The maximum absolute atomic E-state index is 4.21. The zero-order chi connectivity index (χ0) is 13.5. The van der Waals surface area contributed by atoms with Gasteiger partial charge in [0.25, 0.3) is 0 Å². The fraction of sp³-hybridized carbons (Fsp3) is 0.214. The van der Waals surface area contributed by atoms with Crippen LogP contribution in [0.5, 0.6) is 0 Å². The second kappa shape index (κ2) is 7.31. The molecule has 19 heavy (non-hydrogen) atoms. The molecule has 0 aliphatic rings. The van der Waals surface area contributed by atoms with Crippen LogP contribution in [0.15, 0.2) is 51.2 Å². The summed E-state index contributed by atoms with van der Waals surface area (Å²) < 4.78 is 1.13. The van der Waals surface area contributed by atoms with Crippen molar-refractivity contribution >= 4 is 33.2 Å². The van der Waals surface area contributed by atoms with Crippen LogP contribution in [0.4, 0.5) is 0 Å². The lowest BCUT2D eigenvalue weighted by atomic mass is 10.2. The minimum atomic E-state index is 0.772. The van der Waals surface area contributed by atoms with E-state index in [0.29, 0.717) is 0 Å². The van der Waals surface area contributed by atoms with Crippen molar-refractivity contribution in [3.63, 3.8) is 0 Å². The molecule has 0 bridgehead atoms. The number of thiophene rings is 1. The average molecular weight is 338 g/mol. The van der Waals surface area contributed by atoms with Gasteiger partial charge in [0.1, 0.15) is 0 Å². The maximum Gasteiger partial charge on any atom is 0.191 e. The standard InChI is InChI=1S/C14H16BrN3S/c1-16-14(17-8-11-5-3-2-4-6-11)18-9-13-7-12(15)10-19-13/h2-7,10H,8-9H2,1H3,(H2,16,17,18). The smallest absolute Gasteiger partial charge is 0.191 e. The highest BCUT2D eigenvalue weighted by Crippen LogP contribution is 2.19. The van der Waals surface area contributed by atoms with Crippen LogP contribution in [0.2, 0.25) is 0 Å². The molecule has 2 N–H and O–H groups in total. The summed E-state index contributed by atoms with van der Waals surface area (Å²) in [6.07, 6.45) is 0. The molecule has 2 aromatic rings. The third kappa shape index (κ3) is 4.69.